The molecule has 0 saturated heterocycles. The summed E-state index contributed by atoms with van der Waals surface area (Å²) in [6, 6.07) is 0. The van der Waals surface area contributed by atoms with E-state index in [-0.39, 0.29) is 5.15 Å². The van der Waals surface area contributed by atoms with E-state index in [1.165, 1.54) is 19.7 Å². The Morgan fingerprint density at radius 3 is 2.27 bits per heavy atom. The van der Waals surface area contributed by atoms with Crippen LogP contribution in [0.25, 0.3) is 0 Å². The number of rotatable bonds is 3. The van der Waals surface area contributed by atoms with E-state index in [0.717, 1.165) is 11.3 Å². The van der Waals surface area contributed by atoms with Gasteiger partial charge < -0.3 is 9.47 Å². The maximum atomic E-state index is 11.4. The van der Waals surface area contributed by atoms with Crippen LogP contribution < -0.4 is 0 Å². The van der Waals surface area contributed by atoms with Crippen molar-refractivity contribution in [2.75, 3.05) is 14.2 Å². The molecule has 82 valence electrons. The Kier molecular flexibility index (Phi) is 4.05. The second-order valence-corrected chi connectivity index (χ2v) is 3.73. The van der Waals surface area contributed by atoms with Crippen LogP contribution in [0.1, 0.15) is 10.8 Å². The Labute approximate surface area is 95.0 Å². The van der Waals surface area contributed by atoms with Crippen LogP contribution in [0.3, 0.4) is 0 Å². The number of thiazole rings is 1. The largest absolute Gasteiger partial charge is 0.468 e. The molecule has 0 radical (unpaired) electrons. The van der Waals surface area contributed by atoms with Gasteiger partial charge in [-0.1, -0.05) is 11.6 Å². The zero-order valence-electron chi connectivity index (χ0n) is 8.02. The van der Waals surface area contributed by atoms with Gasteiger partial charge in [0.15, 0.2) is 5.92 Å². The van der Waals surface area contributed by atoms with Crippen LogP contribution in [0.2, 0.25) is 5.15 Å². The van der Waals surface area contributed by atoms with Gasteiger partial charge >= 0.3 is 11.9 Å². The molecule has 0 amide bonds. The first-order valence-corrected chi connectivity index (χ1v) is 5.12. The Morgan fingerprint density at radius 1 is 1.40 bits per heavy atom. The molecule has 0 aliphatic rings. The van der Waals surface area contributed by atoms with Crippen LogP contribution in [-0.4, -0.2) is 31.1 Å². The van der Waals surface area contributed by atoms with Crippen molar-refractivity contribution in [2.45, 2.75) is 5.92 Å². The summed E-state index contributed by atoms with van der Waals surface area (Å²) in [5, 5.41) is 0.112. The third-order valence-electron chi connectivity index (χ3n) is 1.69. The third-order valence-corrected chi connectivity index (χ3v) is 2.99. The summed E-state index contributed by atoms with van der Waals surface area (Å²) >= 11 is 6.82. The van der Waals surface area contributed by atoms with Crippen molar-refractivity contribution in [3.8, 4) is 0 Å². The van der Waals surface area contributed by atoms with Crippen LogP contribution >= 0.6 is 22.9 Å². The van der Waals surface area contributed by atoms with Crippen LogP contribution in [0.5, 0.6) is 0 Å². The van der Waals surface area contributed by atoms with Gasteiger partial charge in [-0.15, -0.1) is 11.3 Å². The summed E-state index contributed by atoms with van der Waals surface area (Å²) in [5.74, 6) is -2.58. The fourth-order valence-electron chi connectivity index (χ4n) is 0.975. The van der Waals surface area contributed by atoms with Gasteiger partial charge in [-0.05, 0) is 0 Å². The van der Waals surface area contributed by atoms with Crippen molar-refractivity contribution >= 4 is 34.9 Å². The molecule has 0 unspecified atom stereocenters. The van der Waals surface area contributed by atoms with Gasteiger partial charge in [0.2, 0.25) is 0 Å². The molecule has 1 heterocycles. The Morgan fingerprint density at radius 2 is 1.93 bits per heavy atom. The monoisotopic (exact) mass is 249 g/mol. The molecule has 0 aliphatic heterocycles. The Bertz CT molecular complexity index is 362. The normalized spacial score (nSPS) is 10.1. The number of ether oxygens (including phenoxy) is 2. The molecule has 0 bridgehead atoms. The second kappa shape index (κ2) is 5.09. The highest BCUT2D eigenvalue weighted by atomic mass is 35.5. The number of methoxy groups -OCH3 is 2. The Hall–Kier alpha value is -1.14. The smallest absolute Gasteiger partial charge is 0.325 e. The maximum Gasteiger partial charge on any atom is 0.325 e. The first kappa shape index (κ1) is 11.9. The molecule has 15 heavy (non-hydrogen) atoms. The standard InChI is InChI=1S/C8H8ClNO4S/c1-13-7(11)4(8(12)14-2)5-6(9)10-3-15-5/h3-4H,1-2H3. The SMILES string of the molecule is COC(=O)C(C(=O)OC)c1scnc1Cl. The fraction of sp³-hybridized carbons (Fsp3) is 0.375. The number of carbonyl (C=O) groups excluding carboxylic acids is 2. The lowest BCUT2D eigenvalue weighted by Gasteiger charge is -2.10. The van der Waals surface area contributed by atoms with Gasteiger partial charge in [0, 0.05) is 0 Å². The van der Waals surface area contributed by atoms with E-state index in [0.29, 0.717) is 4.88 Å². The minimum atomic E-state index is -1.15. The molecule has 0 fully saturated rings. The van der Waals surface area contributed by atoms with Crippen LogP contribution in [0.15, 0.2) is 5.51 Å². The van der Waals surface area contributed by atoms with Gasteiger partial charge in [-0.2, -0.15) is 0 Å². The Balaban J connectivity index is 3.07. The van der Waals surface area contributed by atoms with Crippen molar-refractivity contribution in [2.24, 2.45) is 0 Å². The lowest BCUT2D eigenvalue weighted by molar-refractivity contribution is -0.154. The highest BCUT2D eigenvalue weighted by Gasteiger charge is 2.34. The molecule has 0 saturated carbocycles. The molecule has 1 aromatic heterocycles. The number of halogens is 1. The molecule has 1 rings (SSSR count). The van der Waals surface area contributed by atoms with E-state index in [1.807, 2.05) is 0 Å². The van der Waals surface area contributed by atoms with Crippen LogP contribution in [-0.2, 0) is 19.1 Å². The minimum absolute atomic E-state index is 0.112. The summed E-state index contributed by atoms with van der Waals surface area (Å²) in [4.78, 5) is 26.8. The van der Waals surface area contributed by atoms with Gasteiger partial charge in [0.25, 0.3) is 0 Å². The van der Waals surface area contributed by atoms with Gasteiger partial charge in [-0.3, -0.25) is 9.59 Å². The molecule has 0 atom stereocenters. The van der Waals surface area contributed by atoms with E-state index in [9.17, 15) is 9.59 Å². The molecule has 1 aromatic rings. The summed E-state index contributed by atoms with van der Waals surface area (Å²) in [6.07, 6.45) is 0. The first-order chi connectivity index (χ1) is 7.11. The van der Waals surface area contributed by atoms with Crippen molar-refractivity contribution in [1.29, 1.82) is 0 Å². The van der Waals surface area contributed by atoms with Crippen molar-refractivity contribution in [3.05, 3.63) is 15.5 Å². The fourth-order valence-corrected chi connectivity index (χ4v) is 2.07. The highest BCUT2D eigenvalue weighted by molar-refractivity contribution is 7.10. The van der Waals surface area contributed by atoms with Gasteiger partial charge in [-0.25, -0.2) is 4.98 Å². The lowest BCUT2D eigenvalue weighted by Crippen LogP contribution is -2.23. The summed E-state index contributed by atoms with van der Waals surface area (Å²) in [7, 11) is 2.38. The number of aromatic nitrogens is 1. The summed E-state index contributed by atoms with van der Waals surface area (Å²) in [5.41, 5.74) is 1.44. The van der Waals surface area contributed by atoms with Crippen molar-refractivity contribution in [1.82, 2.24) is 4.98 Å². The highest BCUT2D eigenvalue weighted by Crippen LogP contribution is 2.29. The molecule has 5 nitrogen and oxygen atoms in total. The average molecular weight is 250 g/mol. The predicted octanol–water partition coefficient (Wildman–Crippen LogP) is 1.23. The zero-order valence-corrected chi connectivity index (χ0v) is 9.59. The molecule has 0 N–H and O–H groups in total. The molecule has 0 aliphatic carbocycles. The quantitative estimate of drug-likeness (QED) is 0.595. The van der Waals surface area contributed by atoms with Crippen LogP contribution in [0, 0.1) is 0 Å². The number of carbonyl (C=O) groups is 2. The number of esters is 2. The summed E-state index contributed by atoms with van der Waals surface area (Å²) < 4.78 is 8.99. The van der Waals surface area contributed by atoms with Gasteiger partial charge in [0.05, 0.1) is 24.6 Å². The minimum Gasteiger partial charge on any atom is -0.468 e. The van der Waals surface area contributed by atoms with Crippen molar-refractivity contribution in [3.63, 3.8) is 0 Å². The number of nitrogens with zero attached hydrogens (tertiary/aromatic N) is 1. The van der Waals surface area contributed by atoms with E-state index < -0.39 is 17.9 Å². The predicted molar refractivity (Wildman–Crippen MR) is 53.9 cm³/mol. The lowest BCUT2D eigenvalue weighted by atomic mass is 10.1. The average Bonchev–Trinajstić information content (AvgIpc) is 2.64. The van der Waals surface area contributed by atoms with Crippen LogP contribution in [0.4, 0.5) is 0 Å². The second-order valence-electron chi connectivity index (χ2n) is 2.49. The number of hydrogen-bond donors (Lipinski definition) is 0. The van der Waals surface area contributed by atoms with E-state index >= 15 is 0 Å². The van der Waals surface area contributed by atoms with E-state index in [4.69, 9.17) is 11.6 Å². The third kappa shape index (κ3) is 2.45. The number of hydrogen-bond acceptors (Lipinski definition) is 6. The first-order valence-electron chi connectivity index (χ1n) is 3.86. The summed E-state index contributed by atoms with van der Waals surface area (Å²) in [6.45, 7) is 0. The molecule has 0 spiro atoms. The molecular weight excluding hydrogens is 242 g/mol. The topological polar surface area (TPSA) is 65.5 Å². The zero-order chi connectivity index (χ0) is 11.4. The van der Waals surface area contributed by atoms with E-state index in [2.05, 4.69) is 14.5 Å². The van der Waals surface area contributed by atoms with Crippen molar-refractivity contribution < 1.29 is 19.1 Å². The van der Waals surface area contributed by atoms with Gasteiger partial charge in [0.1, 0.15) is 5.15 Å². The maximum absolute atomic E-state index is 11.4. The molecule has 7 heteroatoms. The molecular formula is C8H8ClNO4S. The van der Waals surface area contributed by atoms with E-state index in [1.54, 1.807) is 0 Å². The molecule has 0 aromatic carbocycles.